The molecule has 1 aromatic rings. The van der Waals surface area contributed by atoms with Gasteiger partial charge in [0.15, 0.2) is 0 Å². The van der Waals surface area contributed by atoms with E-state index in [1.807, 2.05) is 30.3 Å². The molecule has 1 aromatic carbocycles. The summed E-state index contributed by atoms with van der Waals surface area (Å²) in [4.78, 5) is 25.1. The second-order valence-electron chi connectivity index (χ2n) is 5.21. The summed E-state index contributed by atoms with van der Waals surface area (Å²) in [5.41, 5.74) is 1.22. The molecule has 0 atom stereocenters. The maximum atomic E-state index is 11.8. The standard InChI is InChI=1S/C16H23N3O3/c20-15(19-10-8-17-9-11-19)13-18-16(21)22-12-4-7-14-5-2-1-3-6-14/h1-3,5-6,17H,4,7-13H2,(H,18,21). The zero-order chi connectivity index (χ0) is 15.6. The van der Waals surface area contributed by atoms with Crippen LogP contribution in [-0.4, -0.2) is 56.2 Å². The maximum Gasteiger partial charge on any atom is 0.407 e. The highest BCUT2D eigenvalue weighted by atomic mass is 16.5. The van der Waals surface area contributed by atoms with E-state index in [-0.39, 0.29) is 12.5 Å². The molecule has 22 heavy (non-hydrogen) atoms. The number of rotatable bonds is 6. The van der Waals surface area contributed by atoms with Crippen LogP contribution in [0.25, 0.3) is 0 Å². The second kappa shape index (κ2) is 9.04. The van der Waals surface area contributed by atoms with E-state index in [0.29, 0.717) is 19.7 Å². The van der Waals surface area contributed by atoms with E-state index in [4.69, 9.17) is 4.74 Å². The van der Waals surface area contributed by atoms with E-state index in [1.54, 1.807) is 4.90 Å². The number of aryl methyl sites for hydroxylation is 1. The van der Waals surface area contributed by atoms with Crippen molar-refractivity contribution in [3.8, 4) is 0 Å². The first-order valence-electron chi connectivity index (χ1n) is 7.69. The summed E-state index contributed by atoms with van der Waals surface area (Å²) in [5, 5.41) is 5.68. The quantitative estimate of drug-likeness (QED) is 0.762. The molecule has 2 amide bonds. The lowest BCUT2D eigenvalue weighted by molar-refractivity contribution is -0.130. The molecule has 0 aromatic heterocycles. The summed E-state index contributed by atoms with van der Waals surface area (Å²) in [6.07, 6.45) is 1.10. The number of carbonyl (C=O) groups is 2. The molecule has 0 aliphatic carbocycles. The van der Waals surface area contributed by atoms with Gasteiger partial charge < -0.3 is 20.3 Å². The monoisotopic (exact) mass is 305 g/mol. The smallest absolute Gasteiger partial charge is 0.407 e. The Bertz CT molecular complexity index is 473. The molecular formula is C16H23N3O3. The normalized spacial score (nSPS) is 14.5. The second-order valence-corrected chi connectivity index (χ2v) is 5.21. The molecule has 0 unspecified atom stereocenters. The highest BCUT2D eigenvalue weighted by molar-refractivity contribution is 5.82. The van der Waals surface area contributed by atoms with Crippen LogP contribution in [0.3, 0.4) is 0 Å². The third kappa shape index (κ3) is 5.73. The lowest BCUT2D eigenvalue weighted by Crippen LogP contribution is -2.49. The minimum atomic E-state index is -0.531. The van der Waals surface area contributed by atoms with Crippen molar-refractivity contribution in [2.75, 3.05) is 39.3 Å². The summed E-state index contributed by atoms with van der Waals surface area (Å²) < 4.78 is 5.07. The Balaban J connectivity index is 1.55. The lowest BCUT2D eigenvalue weighted by Gasteiger charge is -2.27. The summed E-state index contributed by atoms with van der Waals surface area (Å²) >= 11 is 0. The number of hydrogen-bond acceptors (Lipinski definition) is 4. The molecule has 0 saturated carbocycles. The van der Waals surface area contributed by atoms with Gasteiger partial charge in [0.05, 0.1) is 6.61 Å². The molecule has 120 valence electrons. The van der Waals surface area contributed by atoms with Gasteiger partial charge >= 0.3 is 6.09 Å². The molecule has 1 fully saturated rings. The van der Waals surface area contributed by atoms with Crippen LogP contribution in [0.5, 0.6) is 0 Å². The Morgan fingerprint density at radius 2 is 1.91 bits per heavy atom. The molecule has 0 spiro atoms. The van der Waals surface area contributed by atoms with Gasteiger partial charge in [-0.3, -0.25) is 4.79 Å². The number of nitrogens with zero attached hydrogens (tertiary/aromatic N) is 1. The molecule has 6 nitrogen and oxygen atoms in total. The Morgan fingerprint density at radius 1 is 1.18 bits per heavy atom. The van der Waals surface area contributed by atoms with E-state index in [0.717, 1.165) is 25.9 Å². The fourth-order valence-corrected chi connectivity index (χ4v) is 2.31. The number of amides is 2. The predicted octanol–water partition coefficient (Wildman–Crippen LogP) is 0.777. The van der Waals surface area contributed by atoms with Crippen molar-refractivity contribution in [1.82, 2.24) is 15.5 Å². The molecule has 6 heteroatoms. The Hall–Kier alpha value is -2.08. The van der Waals surface area contributed by atoms with E-state index >= 15 is 0 Å². The number of ether oxygens (including phenoxy) is 1. The first-order valence-corrected chi connectivity index (χ1v) is 7.69. The van der Waals surface area contributed by atoms with Gasteiger partial charge in [0.25, 0.3) is 0 Å². The number of piperazine rings is 1. The Kier molecular flexibility index (Phi) is 6.70. The predicted molar refractivity (Wildman–Crippen MR) is 83.6 cm³/mol. The molecule has 2 N–H and O–H groups in total. The summed E-state index contributed by atoms with van der Waals surface area (Å²) in [7, 11) is 0. The van der Waals surface area contributed by atoms with E-state index in [1.165, 1.54) is 5.56 Å². The minimum Gasteiger partial charge on any atom is -0.450 e. The van der Waals surface area contributed by atoms with Crippen molar-refractivity contribution in [2.45, 2.75) is 12.8 Å². The van der Waals surface area contributed by atoms with E-state index in [2.05, 4.69) is 10.6 Å². The molecule has 0 bridgehead atoms. The maximum absolute atomic E-state index is 11.8. The number of alkyl carbamates (subject to hydrolysis) is 1. The Morgan fingerprint density at radius 3 is 2.64 bits per heavy atom. The fraction of sp³-hybridized carbons (Fsp3) is 0.500. The van der Waals surface area contributed by atoms with Crippen LogP contribution < -0.4 is 10.6 Å². The molecule has 2 rings (SSSR count). The topological polar surface area (TPSA) is 70.7 Å². The number of hydrogen-bond donors (Lipinski definition) is 2. The summed E-state index contributed by atoms with van der Waals surface area (Å²) in [6, 6.07) is 10.1. The summed E-state index contributed by atoms with van der Waals surface area (Å²) in [6.45, 7) is 3.32. The zero-order valence-corrected chi connectivity index (χ0v) is 12.7. The zero-order valence-electron chi connectivity index (χ0n) is 12.7. The third-order valence-electron chi connectivity index (χ3n) is 3.54. The minimum absolute atomic E-state index is 0.00246. The van der Waals surface area contributed by atoms with Crippen LogP contribution in [0.2, 0.25) is 0 Å². The average Bonchev–Trinajstić information content (AvgIpc) is 2.58. The fourth-order valence-electron chi connectivity index (χ4n) is 2.31. The van der Waals surface area contributed by atoms with Crippen LogP contribution in [0.15, 0.2) is 30.3 Å². The van der Waals surface area contributed by atoms with Gasteiger partial charge in [0, 0.05) is 26.2 Å². The molecular weight excluding hydrogens is 282 g/mol. The Labute approximate surface area is 130 Å². The van der Waals surface area contributed by atoms with Gasteiger partial charge in [-0.2, -0.15) is 0 Å². The van der Waals surface area contributed by atoms with E-state index in [9.17, 15) is 9.59 Å². The van der Waals surface area contributed by atoms with Gasteiger partial charge in [-0.15, -0.1) is 0 Å². The van der Waals surface area contributed by atoms with Gasteiger partial charge in [0.2, 0.25) is 5.91 Å². The van der Waals surface area contributed by atoms with E-state index < -0.39 is 6.09 Å². The highest BCUT2D eigenvalue weighted by Gasteiger charge is 2.16. The van der Waals surface area contributed by atoms with Crippen molar-refractivity contribution in [3.05, 3.63) is 35.9 Å². The number of benzene rings is 1. The van der Waals surface area contributed by atoms with Crippen molar-refractivity contribution in [3.63, 3.8) is 0 Å². The van der Waals surface area contributed by atoms with Crippen LogP contribution >= 0.6 is 0 Å². The largest absolute Gasteiger partial charge is 0.450 e. The van der Waals surface area contributed by atoms with Crippen LogP contribution in [0.1, 0.15) is 12.0 Å². The van der Waals surface area contributed by atoms with Gasteiger partial charge in [0.1, 0.15) is 6.54 Å². The van der Waals surface area contributed by atoms with Crippen molar-refractivity contribution in [1.29, 1.82) is 0 Å². The SMILES string of the molecule is O=C(NCC(=O)N1CCNCC1)OCCCc1ccccc1. The number of nitrogens with one attached hydrogen (secondary N) is 2. The first kappa shape index (κ1) is 16.3. The number of carbonyl (C=O) groups excluding carboxylic acids is 2. The van der Waals surface area contributed by atoms with Crippen LogP contribution in [0.4, 0.5) is 4.79 Å². The highest BCUT2D eigenvalue weighted by Crippen LogP contribution is 2.02. The molecule has 1 aliphatic heterocycles. The van der Waals surface area contributed by atoms with Gasteiger partial charge in [-0.1, -0.05) is 30.3 Å². The molecule has 1 heterocycles. The molecule has 1 saturated heterocycles. The van der Waals surface area contributed by atoms with Crippen LogP contribution in [0, 0.1) is 0 Å². The summed E-state index contributed by atoms with van der Waals surface area (Å²) in [5.74, 6) is -0.0669. The first-order chi connectivity index (χ1) is 10.8. The van der Waals surface area contributed by atoms with Crippen molar-refractivity contribution < 1.29 is 14.3 Å². The van der Waals surface area contributed by atoms with Crippen molar-refractivity contribution in [2.24, 2.45) is 0 Å². The van der Waals surface area contributed by atoms with Gasteiger partial charge in [-0.25, -0.2) is 4.79 Å². The molecule has 0 radical (unpaired) electrons. The van der Waals surface area contributed by atoms with Crippen LogP contribution in [-0.2, 0) is 16.0 Å². The molecule has 1 aliphatic rings. The van der Waals surface area contributed by atoms with Crippen molar-refractivity contribution >= 4 is 12.0 Å². The third-order valence-corrected chi connectivity index (χ3v) is 3.54. The average molecular weight is 305 g/mol. The lowest BCUT2D eigenvalue weighted by atomic mass is 10.1. The van der Waals surface area contributed by atoms with Gasteiger partial charge in [-0.05, 0) is 18.4 Å².